The summed E-state index contributed by atoms with van der Waals surface area (Å²) in [6, 6.07) is 0. The van der Waals surface area contributed by atoms with Crippen LogP contribution in [0.25, 0.3) is 0 Å². The molecule has 0 aliphatic heterocycles. The Morgan fingerprint density at radius 1 is 1.50 bits per heavy atom. The highest BCUT2D eigenvalue weighted by molar-refractivity contribution is 9.09. The fraction of sp³-hybridized carbons (Fsp3) is 0.636. The van der Waals surface area contributed by atoms with Gasteiger partial charge in [-0.3, -0.25) is 4.79 Å². The maximum Gasteiger partial charge on any atom is 0.291 e. The monoisotopic (exact) mass is 288 g/mol. The lowest BCUT2D eigenvalue weighted by Crippen LogP contribution is -2.32. The van der Waals surface area contributed by atoms with E-state index in [1.807, 2.05) is 6.92 Å². The topological polar surface area (TPSA) is 46.3 Å². The van der Waals surface area contributed by atoms with Crippen LogP contribution in [-0.4, -0.2) is 34.2 Å². The van der Waals surface area contributed by atoms with Crippen LogP contribution >= 0.6 is 15.9 Å². The van der Waals surface area contributed by atoms with Gasteiger partial charge in [0.05, 0.1) is 5.69 Å². The zero-order valence-corrected chi connectivity index (χ0v) is 11.5. The summed E-state index contributed by atoms with van der Waals surface area (Å²) in [5.74, 6) is 0.841. The molecule has 0 saturated heterocycles. The second kappa shape index (κ2) is 6.03. The largest absolute Gasteiger partial charge is 0.436 e. The van der Waals surface area contributed by atoms with Crippen molar-refractivity contribution in [2.75, 3.05) is 18.4 Å². The summed E-state index contributed by atoms with van der Waals surface area (Å²) in [6.45, 7) is 6.93. The highest BCUT2D eigenvalue weighted by Crippen LogP contribution is 2.12. The van der Waals surface area contributed by atoms with Crippen molar-refractivity contribution < 1.29 is 9.21 Å². The van der Waals surface area contributed by atoms with Gasteiger partial charge in [0, 0.05) is 25.3 Å². The van der Waals surface area contributed by atoms with E-state index in [2.05, 4.69) is 20.9 Å². The lowest BCUT2D eigenvalue weighted by molar-refractivity contribution is 0.0730. The van der Waals surface area contributed by atoms with Gasteiger partial charge in [0.1, 0.15) is 0 Å². The molecule has 0 atom stereocenters. The van der Waals surface area contributed by atoms with Gasteiger partial charge < -0.3 is 9.32 Å². The van der Waals surface area contributed by atoms with Gasteiger partial charge in [-0.1, -0.05) is 15.9 Å². The Morgan fingerprint density at radius 3 is 2.62 bits per heavy atom. The zero-order valence-electron chi connectivity index (χ0n) is 9.92. The smallest absolute Gasteiger partial charge is 0.291 e. The normalized spacial score (nSPS) is 10.5. The summed E-state index contributed by atoms with van der Waals surface area (Å²) in [4.78, 5) is 18.0. The second-order valence-electron chi connectivity index (χ2n) is 3.57. The van der Waals surface area contributed by atoms with Crippen molar-refractivity contribution in [1.29, 1.82) is 0 Å². The fourth-order valence-corrected chi connectivity index (χ4v) is 1.78. The molecule has 0 unspecified atom stereocenters. The number of rotatable bonds is 5. The Hall–Kier alpha value is -0.840. The highest BCUT2D eigenvalue weighted by atomic mass is 79.9. The quantitative estimate of drug-likeness (QED) is 0.783. The van der Waals surface area contributed by atoms with Gasteiger partial charge in [-0.05, 0) is 20.3 Å². The van der Waals surface area contributed by atoms with Crippen molar-refractivity contribution in [3.8, 4) is 0 Å². The number of alkyl halides is 1. The molecule has 1 heterocycles. The van der Waals surface area contributed by atoms with E-state index in [0.717, 1.165) is 18.3 Å². The van der Waals surface area contributed by atoms with E-state index in [-0.39, 0.29) is 5.91 Å². The summed E-state index contributed by atoms with van der Waals surface area (Å²) in [5, 5.41) is 0.894. The van der Waals surface area contributed by atoms with Crippen LogP contribution in [0.5, 0.6) is 0 Å². The molecule has 4 nitrogen and oxygen atoms in total. The summed E-state index contributed by atoms with van der Waals surface area (Å²) in [7, 11) is 0. The lowest BCUT2D eigenvalue weighted by atomic mass is 10.3. The molecular formula is C11H17BrN2O2. The number of amides is 1. The number of hydrogen-bond acceptors (Lipinski definition) is 3. The van der Waals surface area contributed by atoms with Crippen LogP contribution in [0.3, 0.4) is 0 Å². The first-order chi connectivity index (χ1) is 7.60. The van der Waals surface area contributed by atoms with E-state index in [1.54, 1.807) is 18.7 Å². The second-order valence-corrected chi connectivity index (χ2v) is 4.37. The first-order valence-electron chi connectivity index (χ1n) is 5.39. The van der Waals surface area contributed by atoms with Crippen molar-refractivity contribution in [3.05, 3.63) is 17.3 Å². The molecule has 0 spiro atoms. The average Bonchev–Trinajstić information content (AvgIpc) is 2.58. The molecule has 0 N–H and O–H groups in total. The van der Waals surface area contributed by atoms with Crippen LogP contribution in [0.15, 0.2) is 4.42 Å². The number of halogens is 1. The molecule has 1 aromatic rings. The third kappa shape index (κ3) is 3.07. The molecule has 0 aliphatic rings. The molecule has 16 heavy (non-hydrogen) atoms. The Balaban J connectivity index is 2.78. The summed E-state index contributed by atoms with van der Waals surface area (Å²) in [5.41, 5.74) is 0.666. The number of carbonyl (C=O) groups is 1. The molecule has 0 aromatic carbocycles. The van der Waals surface area contributed by atoms with Crippen LogP contribution in [-0.2, 0) is 0 Å². The predicted octanol–water partition coefficient (Wildman–Crippen LogP) is 2.54. The maximum atomic E-state index is 12.1. The van der Waals surface area contributed by atoms with Crippen LogP contribution in [0.4, 0.5) is 0 Å². The van der Waals surface area contributed by atoms with E-state index in [4.69, 9.17) is 4.42 Å². The summed E-state index contributed by atoms with van der Waals surface area (Å²) in [6.07, 6.45) is 0.936. The van der Waals surface area contributed by atoms with Crippen molar-refractivity contribution in [2.24, 2.45) is 0 Å². The molecule has 1 aromatic heterocycles. The third-order valence-electron chi connectivity index (χ3n) is 2.33. The first-order valence-corrected chi connectivity index (χ1v) is 6.51. The molecule has 1 amide bonds. The molecule has 0 aliphatic carbocycles. The number of carbonyl (C=O) groups excluding carboxylic acids is 1. The van der Waals surface area contributed by atoms with Gasteiger partial charge >= 0.3 is 0 Å². The molecular weight excluding hydrogens is 272 g/mol. The molecule has 5 heteroatoms. The summed E-state index contributed by atoms with van der Waals surface area (Å²) < 4.78 is 5.32. The Labute approximate surface area is 104 Å². The van der Waals surface area contributed by atoms with E-state index in [1.165, 1.54) is 0 Å². The standard InChI is InChI=1S/C11H17BrN2O2/c1-4-14(7-5-6-12)11(15)10-8(2)13-9(3)16-10/h4-7H2,1-3H3. The Kier molecular flexibility index (Phi) is 4.99. The zero-order chi connectivity index (χ0) is 12.1. The Bertz CT molecular complexity index is 363. The number of hydrogen-bond donors (Lipinski definition) is 0. The van der Waals surface area contributed by atoms with Crippen LogP contribution in [0.1, 0.15) is 35.5 Å². The van der Waals surface area contributed by atoms with Crippen molar-refractivity contribution in [3.63, 3.8) is 0 Å². The van der Waals surface area contributed by atoms with E-state index in [9.17, 15) is 4.79 Å². The molecule has 0 radical (unpaired) electrons. The fourth-order valence-electron chi connectivity index (χ4n) is 1.53. The summed E-state index contributed by atoms with van der Waals surface area (Å²) >= 11 is 3.36. The van der Waals surface area contributed by atoms with Gasteiger partial charge in [0.15, 0.2) is 5.89 Å². The van der Waals surface area contributed by atoms with Gasteiger partial charge in [-0.15, -0.1) is 0 Å². The van der Waals surface area contributed by atoms with Crippen LogP contribution in [0.2, 0.25) is 0 Å². The van der Waals surface area contributed by atoms with Gasteiger partial charge in [0.2, 0.25) is 5.76 Å². The predicted molar refractivity (Wildman–Crippen MR) is 66.0 cm³/mol. The third-order valence-corrected chi connectivity index (χ3v) is 2.89. The molecule has 0 fully saturated rings. The number of aryl methyl sites for hydroxylation is 2. The lowest BCUT2D eigenvalue weighted by Gasteiger charge is -2.19. The average molecular weight is 289 g/mol. The minimum absolute atomic E-state index is 0.0680. The molecule has 1 rings (SSSR count). The first kappa shape index (κ1) is 13.2. The Morgan fingerprint density at radius 2 is 2.19 bits per heavy atom. The van der Waals surface area contributed by atoms with Crippen molar-refractivity contribution in [1.82, 2.24) is 9.88 Å². The number of oxazole rings is 1. The van der Waals surface area contributed by atoms with Gasteiger partial charge in [-0.25, -0.2) is 4.98 Å². The number of aromatic nitrogens is 1. The highest BCUT2D eigenvalue weighted by Gasteiger charge is 2.20. The molecule has 0 saturated carbocycles. The van der Waals surface area contributed by atoms with Crippen LogP contribution in [0, 0.1) is 13.8 Å². The SMILES string of the molecule is CCN(CCCBr)C(=O)c1oc(C)nc1C. The van der Waals surface area contributed by atoms with Crippen LogP contribution < -0.4 is 0 Å². The van der Waals surface area contributed by atoms with Gasteiger partial charge in [0.25, 0.3) is 5.91 Å². The molecule has 90 valence electrons. The number of nitrogens with zero attached hydrogens (tertiary/aromatic N) is 2. The van der Waals surface area contributed by atoms with Crippen molar-refractivity contribution >= 4 is 21.8 Å². The maximum absolute atomic E-state index is 12.1. The minimum atomic E-state index is -0.0680. The minimum Gasteiger partial charge on any atom is -0.436 e. The molecule has 0 bridgehead atoms. The van der Waals surface area contributed by atoms with E-state index >= 15 is 0 Å². The van der Waals surface area contributed by atoms with E-state index in [0.29, 0.717) is 23.9 Å². The van der Waals surface area contributed by atoms with Gasteiger partial charge in [-0.2, -0.15) is 0 Å². The van der Waals surface area contributed by atoms with E-state index < -0.39 is 0 Å². The van der Waals surface area contributed by atoms with Crippen molar-refractivity contribution in [2.45, 2.75) is 27.2 Å².